The van der Waals surface area contributed by atoms with Crippen molar-refractivity contribution in [1.29, 1.82) is 0 Å². The van der Waals surface area contributed by atoms with E-state index in [2.05, 4.69) is 20.4 Å². The van der Waals surface area contributed by atoms with Gasteiger partial charge in [-0.05, 0) is 25.3 Å². The molecule has 1 saturated heterocycles. The number of ether oxygens (including phenoxy) is 1. The van der Waals surface area contributed by atoms with Crippen LogP contribution in [0, 0.1) is 6.92 Å². The van der Waals surface area contributed by atoms with Crippen molar-refractivity contribution in [1.82, 2.24) is 20.4 Å². The quantitative estimate of drug-likeness (QED) is 0.709. The Hall–Kier alpha value is -2.38. The number of benzene rings is 1. The van der Waals surface area contributed by atoms with Gasteiger partial charge in [0.1, 0.15) is 0 Å². The number of esters is 1. The molecule has 1 atom stereocenters. The fourth-order valence-electron chi connectivity index (χ4n) is 5.06. The first-order valence-corrected chi connectivity index (χ1v) is 11.5. The van der Waals surface area contributed by atoms with E-state index in [0.29, 0.717) is 17.8 Å². The molecule has 3 aliphatic rings. The highest BCUT2D eigenvalue weighted by Crippen LogP contribution is 2.29. The molecule has 2 amide bonds. The van der Waals surface area contributed by atoms with Crippen LogP contribution in [0.2, 0.25) is 0 Å². The maximum atomic E-state index is 12.7. The number of aryl methyl sites for hydroxylation is 1. The van der Waals surface area contributed by atoms with Crippen molar-refractivity contribution in [2.45, 2.75) is 51.1 Å². The smallest absolute Gasteiger partial charge is 0.338 e. The number of carbonyl (C=O) groups excluding carboxylic acids is 2. The highest BCUT2D eigenvalue weighted by Gasteiger charge is 2.34. The molecule has 1 aromatic carbocycles. The third kappa shape index (κ3) is 5.10. The molecule has 2 aliphatic heterocycles. The maximum Gasteiger partial charge on any atom is 0.338 e. The lowest BCUT2D eigenvalue weighted by Gasteiger charge is -2.41. The zero-order valence-corrected chi connectivity index (χ0v) is 18.7. The third-order valence-corrected chi connectivity index (χ3v) is 6.85. The second-order valence-electron chi connectivity index (χ2n) is 8.93. The van der Waals surface area contributed by atoms with Gasteiger partial charge in [0, 0.05) is 44.5 Å². The van der Waals surface area contributed by atoms with E-state index in [4.69, 9.17) is 4.74 Å². The lowest BCUT2D eigenvalue weighted by Crippen LogP contribution is -2.53. The summed E-state index contributed by atoms with van der Waals surface area (Å²) in [6, 6.07) is 7.81. The minimum Gasteiger partial charge on any atom is -0.466 e. The van der Waals surface area contributed by atoms with E-state index < -0.39 is 12.0 Å². The Morgan fingerprint density at radius 3 is 2.39 bits per heavy atom. The van der Waals surface area contributed by atoms with Crippen molar-refractivity contribution < 1.29 is 14.3 Å². The van der Waals surface area contributed by atoms with E-state index in [-0.39, 0.29) is 6.03 Å². The topological polar surface area (TPSA) is 73.9 Å². The van der Waals surface area contributed by atoms with Gasteiger partial charge in [0.2, 0.25) is 0 Å². The zero-order chi connectivity index (χ0) is 21.8. The minimum atomic E-state index is -0.514. The van der Waals surface area contributed by atoms with Gasteiger partial charge in [0.15, 0.2) is 0 Å². The summed E-state index contributed by atoms with van der Waals surface area (Å²) in [5, 5.41) is 5.79. The molecule has 4 rings (SSSR count). The number of hydrogen-bond donors (Lipinski definition) is 2. The average Bonchev–Trinajstić information content (AvgIpc) is 2.80. The van der Waals surface area contributed by atoms with E-state index >= 15 is 0 Å². The van der Waals surface area contributed by atoms with Crippen LogP contribution in [0.3, 0.4) is 0 Å². The molecule has 1 aromatic rings. The SMILES string of the molecule is COC(=O)C1=C(CN2CCN(C3CCCCC3)CC2)NC(=O)N[C@@H]1c1ccc(C)cc1. The number of nitrogens with zero attached hydrogens (tertiary/aromatic N) is 2. The lowest BCUT2D eigenvalue weighted by molar-refractivity contribution is -0.136. The van der Waals surface area contributed by atoms with Crippen LogP contribution in [0.5, 0.6) is 0 Å². The van der Waals surface area contributed by atoms with Crippen LogP contribution >= 0.6 is 0 Å². The first-order valence-electron chi connectivity index (χ1n) is 11.5. The molecule has 0 bridgehead atoms. The Morgan fingerprint density at radius 1 is 1.06 bits per heavy atom. The summed E-state index contributed by atoms with van der Waals surface area (Å²) in [5.41, 5.74) is 3.14. The fraction of sp³-hybridized carbons (Fsp3) is 0.583. The van der Waals surface area contributed by atoms with Gasteiger partial charge in [-0.25, -0.2) is 9.59 Å². The molecule has 0 radical (unpaired) electrons. The Bertz CT molecular complexity index is 822. The summed E-state index contributed by atoms with van der Waals surface area (Å²) >= 11 is 0. The summed E-state index contributed by atoms with van der Waals surface area (Å²) in [6.07, 6.45) is 6.70. The van der Waals surface area contributed by atoms with Crippen molar-refractivity contribution in [3.63, 3.8) is 0 Å². The number of carbonyl (C=O) groups is 2. The van der Waals surface area contributed by atoms with E-state index in [9.17, 15) is 9.59 Å². The van der Waals surface area contributed by atoms with Crippen LogP contribution in [0.4, 0.5) is 4.79 Å². The van der Waals surface area contributed by atoms with Crippen molar-refractivity contribution in [2.75, 3.05) is 39.8 Å². The number of rotatable bonds is 5. The average molecular weight is 427 g/mol. The lowest BCUT2D eigenvalue weighted by atomic mass is 9.93. The third-order valence-electron chi connectivity index (χ3n) is 6.85. The van der Waals surface area contributed by atoms with E-state index in [0.717, 1.165) is 43.3 Å². The fourth-order valence-corrected chi connectivity index (χ4v) is 5.06. The zero-order valence-electron chi connectivity index (χ0n) is 18.7. The summed E-state index contributed by atoms with van der Waals surface area (Å²) in [5.74, 6) is -0.408. The molecule has 2 N–H and O–H groups in total. The summed E-state index contributed by atoms with van der Waals surface area (Å²) in [6.45, 7) is 6.51. The molecular formula is C24H34N4O3. The van der Waals surface area contributed by atoms with Crippen LogP contribution in [0.15, 0.2) is 35.5 Å². The van der Waals surface area contributed by atoms with Crippen LogP contribution in [0.1, 0.15) is 49.3 Å². The van der Waals surface area contributed by atoms with Gasteiger partial charge >= 0.3 is 12.0 Å². The normalized spacial score (nSPS) is 23.9. The maximum absolute atomic E-state index is 12.7. The van der Waals surface area contributed by atoms with Gasteiger partial charge in [0.05, 0.1) is 18.7 Å². The first kappa shape index (κ1) is 21.8. The van der Waals surface area contributed by atoms with E-state index in [1.165, 1.54) is 39.2 Å². The van der Waals surface area contributed by atoms with Crippen LogP contribution in [0.25, 0.3) is 0 Å². The monoisotopic (exact) mass is 426 g/mol. The highest BCUT2D eigenvalue weighted by molar-refractivity contribution is 5.95. The molecule has 0 aromatic heterocycles. The number of urea groups is 1. The minimum absolute atomic E-state index is 0.283. The number of piperazine rings is 1. The van der Waals surface area contributed by atoms with Gasteiger partial charge in [-0.15, -0.1) is 0 Å². The van der Waals surface area contributed by atoms with Crippen LogP contribution in [-0.2, 0) is 9.53 Å². The second-order valence-corrected chi connectivity index (χ2v) is 8.93. The largest absolute Gasteiger partial charge is 0.466 e. The number of methoxy groups -OCH3 is 1. The Labute approximate surface area is 184 Å². The van der Waals surface area contributed by atoms with Crippen molar-refractivity contribution >= 4 is 12.0 Å². The second kappa shape index (κ2) is 9.83. The van der Waals surface area contributed by atoms with Crippen molar-refractivity contribution in [3.8, 4) is 0 Å². The van der Waals surface area contributed by atoms with Crippen LogP contribution < -0.4 is 10.6 Å². The molecular weight excluding hydrogens is 392 g/mol. The van der Waals surface area contributed by atoms with Gasteiger partial charge in [-0.1, -0.05) is 49.1 Å². The van der Waals surface area contributed by atoms with Gasteiger partial charge < -0.3 is 15.4 Å². The van der Waals surface area contributed by atoms with E-state index in [1.54, 1.807) is 0 Å². The highest BCUT2D eigenvalue weighted by atomic mass is 16.5. The molecule has 1 saturated carbocycles. The molecule has 7 nitrogen and oxygen atoms in total. The summed E-state index contributed by atoms with van der Waals surface area (Å²) < 4.78 is 5.10. The molecule has 0 unspecified atom stereocenters. The summed E-state index contributed by atoms with van der Waals surface area (Å²) in [7, 11) is 1.39. The van der Waals surface area contributed by atoms with Gasteiger partial charge in [-0.3, -0.25) is 9.80 Å². The molecule has 2 heterocycles. The van der Waals surface area contributed by atoms with Crippen molar-refractivity contribution in [3.05, 3.63) is 46.7 Å². The van der Waals surface area contributed by atoms with Crippen molar-refractivity contribution in [2.24, 2.45) is 0 Å². The number of hydrogen-bond acceptors (Lipinski definition) is 5. The first-order chi connectivity index (χ1) is 15.0. The Balaban J connectivity index is 1.50. The van der Waals surface area contributed by atoms with Crippen LogP contribution in [-0.4, -0.2) is 67.7 Å². The Kier molecular flexibility index (Phi) is 6.92. The van der Waals surface area contributed by atoms with Gasteiger partial charge in [0.25, 0.3) is 0 Å². The Morgan fingerprint density at radius 2 is 1.74 bits per heavy atom. The molecule has 168 valence electrons. The molecule has 31 heavy (non-hydrogen) atoms. The standard InChI is InChI=1S/C24H34N4O3/c1-17-8-10-18(11-9-17)22-21(23(29)31-2)20(25-24(30)26-22)16-27-12-14-28(15-13-27)19-6-4-3-5-7-19/h8-11,19,22H,3-7,12-16H2,1-2H3,(H2,25,26,30)/t22-/m1/s1. The molecule has 7 heteroatoms. The molecule has 0 spiro atoms. The molecule has 2 fully saturated rings. The predicted molar refractivity (Wildman–Crippen MR) is 120 cm³/mol. The number of nitrogens with one attached hydrogen (secondary N) is 2. The summed E-state index contributed by atoms with van der Waals surface area (Å²) in [4.78, 5) is 30.1. The van der Waals surface area contributed by atoms with Gasteiger partial charge in [-0.2, -0.15) is 0 Å². The molecule has 1 aliphatic carbocycles. The number of amides is 2. The predicted octanol–water partition coefficient (Wildman–Crippen LogP) is 2.73. The van der Waals surface area contributed by atoms with E-state index in [1.807, 2.05) is 31.2 Å².